The normalized spacial score (nSPS) is 16.5. The Bertz CT molecular complexity index is 218. The summed E-state index contributed by atoms with van der Waals surface area (Å²) in [4.78, 5) is 12.6. The highest BCUT2D eigenvalue weighted by Gasteiger charge is 2.09. The first-order valence-corrected chi connectivity index (χ1v) is 3.44. The molecule has 0 unspecified atom stereocenters. The molecule has 0 fully saturated rings. The zero-order valence-corrected chi connectivity index (χ0v) is 6.29. The van der Waals surface area contributed by atoms with Crippen LogP contribution in [0.25, 0.3) is 0 Å². The molecule has 3 nitrogen and oxygen atoms in total. The van der Waals surface area contributed by atoms with Crippen LogP contribution in [0.4, 0.5) is 0 Å². The Morgan fingerprint density at radius 2 is 2.55 bits per heavy atom. The molecular formula is C8H11N2O. The number of hydrogen-bond acceptors (Lipinski definition) is 2. The Balaban J connectivity index is 2.64. The van der Waals surface area contributed by atoms with Crippen molar-refractivity contribution in [1.82, 2.24) is 4.90 Å². The molecule has 0 aromatic heterocycles. The van der Waals surface area contributed by atoms with Gasteiger partial charge in [-0.25, -0.2) is 0 Å². The maximum Gasteiger partial charge on any atom is 0.246 e. The predicted molar refractivity (Wildman–Crippen MR) is 43.3 cm³/mol. The molecule has 1 aliphatic rings. The highest BCUT2D eigenvalue weighted by atomic mass is 16.1. The maximum atomic E-state index is 10.7. The second-order valence-electron chi connectivity index (χ2n) is 2.37. The predicted octanol–water partition coefficient (Wildman–Crippen LogP) is 0.0615. The fourth-order valence-electron chi connectivity index (χ4n) is 0.919. The SMILES string of the molecule is [CH2]CN1C=CC=C(C(N)=O)C1. The van der Waals surface area contributed by atoms with Gasteiger partial charge in [0.2, 0.25) is 5.91 Å². The van der Waals surface area contributed by atoms with Gasteiger partial charge in [-0.3, -0.25) is 4.79 Å². The molecule has 0 aromatic carbocycles. The average molecular weight is 151 g/mol. The third-order valence-corrected chi connectivity index (χ3v) is 1.57. The minimum Gasteiger partial charge on any atom is -0.373 e. The number of primary amides is 1. The maximum absolute atomic E-state index is 10.7. The van der Waals surface area contributed by atoms with Crippen molar-refractivity contribution >= 4 is 5.91 Å². The standard InChI is InChI=1S/C8H11N2O/c1-2-10-5-3-4-7(6-10)8(9)11/h3-5H,1-2,6H2,(H2,9,11). The fraction of sp³-hybridized carbons (Fsp3) is 0.250. The highest BCUT2D eigenvalue weighted by Crippen LogP contribution is 2.05. The zero-order chi connectivity index (χ0) is 8.27. The number of nitrogens with two attached hydrogens (primary N) is 1. The van der Waals surface area contributed by atoms with Crippen LogP contribution in [0.2, 0.25) is 0 Å². The van der Waals surface area contributed by atoms with Gasteiger partial charge in [-0.15, -0.1) is 0 Å². The minimum atomic E-state index is -0.354. The van der Waals surface area contributed by atoms with Crippen LogP contribution in [0.15, 0.2) is 23.9 Å². The van der Waals surface area contributed by atoms with E-state index < -0.39 is 0 Å². The van der Waals surface area contributed by atoms with Gasteiger partial charge in [0, 0.05) is 18.7 Å². The van der Waals surface area contributed by atoms with E-state index in [2.05, 4.69) is 6.92 Å². The van der Waals surface area contributed by atoms with Gasteiger partial charge in [-0.05, 0) is 19.2 Å². The van der Waals surface area contributed by atoms with Crippen LogP contribution in [0.1, 0.15) is 0 Å². The van der Waals surface area contributed by atoms with E-state index in [1.807, 2.05) is 11.1 Å². The molecule has 1 aliphatic heterocycles. The molecule has 1 rings (SSSR count). The molecule has 0 saturated carbocycles. The van der Waals surface area contributed by atoms with E-state index >= 15 is 0 Å². The first-order valence-electron chi connectivity index (χ1n) is 3.44. The monoisotopic (exact) mass is 151 g/mol. The summed E-state index contributed by atoms with van der Waals surface area (Å²) in [5.74, 6) is -0.354. The quantitative estimate of drug-likeness (QED) is 0.606. The molecule has 3 heteroatoms. The van der Waals surface area contributed by atoms with Crippen LogP contribution in [0.3, 0.4) is 0 Å². The lowest BCUT2D eigenvalue weighted by Gasteiger charge is -2.20. The van der Waals surface area contributed by atoms with Gasteiger partial charge < -0.3 is 10.6 Å². The van der Waals surface area contributed by atoms with E-state index in [-0.39, 0.29) is 5.91 Å². The van der Waals surface area contributed by atoms with Gasteiger partial charge in [0.25, 0.3) is 0 Å². The summed E-state index contributed by atoms with van der Waals surface area (Å²) >= 11 is 0. The van der Waals surface area contributed by atoms with Gasteiger partial charge in [-0.1, -0.05) is 6.08 Å². The molecule has 59 valence electrons. The van der Waals surface area contributed by atoms with Crippen molar-refractivity contribution in [3.63, 3.8) is 0 Å². The van der Waals surface area contributed by atoms with Crippen molar-refractivity contribution in [2.75, 3.05) is 13.1 Å². The number of hydrogen-bond donors (Lipinski definition) is 1. The van der Waals surface area contributed by atoms with E-state index in [4.69, 9.17) is 5.73 Å². The molecular weight excluding hydrogens is 140 g/mol. The molecule has 1 amide bonds. The third-order valence-electron chi connectivity index (χ3n) is 1.57. The Morgan fingerprint density at radius 3 is 3.09 bits per heavy atom. The lowest BCUT2D eigenvalue weighted by atomic mass is 10.2. The number of carbonyl (C=O) groups excluding carboxylic acids is 1. The third kappa shape index (κ3) is 1.83. The Morgan fingerprint density at radius 1 is 1.82 bits per heavy atom. The summed E-state index contributed by atoms with van der Waals surface area (Å²) < 4.78 is 0. The van der Waals surface area contributed by atoms with Crippen molar-refractivity contribution in [2.24, 2.45) is 5.73 Å². The van der Waals surface area contributed by atoms with Gasteiger partial charge in [0.15, 0.2) is 0 Å². The van der Waals surface area contributed by atoms with Crippen LogP contribution in [0, 0.1) is 6.92 Å². The van der Waals surface area contributed by atoms with Crippen molar-refractivity contribution in [3.05, 3.63) is 30.8 Å². The number of nitrogens with zero attached hydrogens (tertiary/aromatic N) is 1. The summed E-state index contributed by atoms with van der Waals surface area (Å²) in [6, 6.07) is 0. The van der Waals surface area contributed by atoms with Gasteiger partial charge >= 0.3 is 0 Å². The lowest BCUT2D eigenvalue weighted by Crippen LogP contribution is -2.28. The van der Waals surface area contributed by atoms with E-state index in [1.165, 1.54) is 0 Å². The molecule has 0 aliphatic carbocycles. The molecule has 0 bridgehead atoms. The van der Waals surface area contributed by atoms with Crippen LogP contribution in [0.5, 0.6) is 0 Å². The van der Waals surface area contributed by atoms with E-state index in [0.717, 1.165) is 0 Å². The molecule has 0 spiro atoms. The van der Waals surface area contributed by atoms with Crippen molar-refractivity contribution in [1.29, 1.82) is 0 Å². The number of amides is 1. The fourth-order valence-corrected chi connectivity index (χ4v) is 0.919. The summed E-state index contributed by atoms with van der Waals surface area (Å²) in [7, 11) is 0. The van der Waals surface area contributed by atoms with E-state index in [1.54, 1.807) is 12.2 Å². The lowest BCUT2D eigenvalue weighted by molar-refractivity contribution is -0.114. The first kappa shape index (κ1) is 7.85. The second kappa shape index (κ2) is 3.23. The van der Waals surface area contributed by atoms with Crippen LogP contribution in [-0.2, 0) is 4.79 Å². The topological polar surface area (TPSA) is 46.3 Å². The Labute approximate surface area is 66.2 Å². The zero-order valence-electron chi connectivity index (χ0n) is 6.29. The molecule has 0 saturated heterocycles. The van der Waals surface area contributed by atoms with Crippen LogP contribution in [-0.4, -0.2) is 23.9 Å². The molecule has 2 N–H and O–H groups in total. The molecule has 1 radical (unpaired) electrons. The minimum absolute atomic E-state index is 0.354. The number of rotatable bonds is 2. The second-order valence-corrected chi connectivity index (χ2v) is 2.37. The summed E-state index contributed by atoms with van der Waals surface area (Å²) in [6.07, 6.45) is 5.42. The molecule has 0 atom stereocenters. The smallest absolute Gasteiger partial charge is 0.246 e. The largest absolute Gasteiger partial charge is 0.373 e. The summed E-state index contributed by atoms with van der Waals surface area (Å²) in [5.41, 5.74) is 5.73. The number of carbonyl (C=O) groups is 1. The van der Waals surface area contributed by atoms with Crippen LogP contribution < -0.4 is 5.73 Å². The number of allylic oxidation sites excluding steroid dienone is 2. The molecule has 1 heterocycles. The Hall–Kier alpha value is -1.25. The molecule has 11 heavy (non-hydrogen) atoms. The van der Waals surface area contributed by atoms with Crippen molar-refractivity contribution < 1.29 is 4.79 Å². The van der Waals surface area contributed by atoms with Gasteiger partial charge in [0.1, 0.15) is 0 Å². The Kier molecular flexibility index (Phi) is 2.31. The molecule has 0 aromatic rings. The summed E-state index contributed by atoms with van der Waals surface area (Å²) in [6.45, 7) is 4.93. The van der Waals surface area contributed by atoms with Crippen molar-refractivity contribution in [2.45, 2.75) is 0 Å². The average Bonchev–Trinajstić information content (AvgIpc) is 2.05. The van der Waals surface area contributed by atoms with Crippen LogP contribution >= 0.6 is 0 Å². The van der Waals surface area contributed by atoms with Gasteiger partial charge in [-0.2, -0.15) is 0 Å². The van der Waals surface area contributed by atoms with Crippen molar-refractivity contribution in [3.8, 4) is 0 Å². The summed E-state index contributed by atoms with van der Waals surface area (Å²) in [5, 5.41) is 0. The van der Waals surface area contributed by atoms with E-state index in [9.17, 15) is 4.79 Å². The van der Waals surface area contributed by atoms with E-state index in [0.29, 0.717) is 18.7 Å². The first-order chi connectivity index (χ1) is 5.24. The highest BCUT2D eigenvalue weighted by molar-refractivity contribution is 5.92. The van der Waals surface area contributed by atoms with Gasteiger partial charge in [0.05, 0.1) is 0 Å².